The number of nitrogens with zero attached hydrogens (tertiary/aromatic N) is 2. The Bertz CT molecular complexity index is 1010. The molecule has 1 aromatic heterocycles. The summed E-state index contributed by atoms with van der Waals surface area (Å²) in [6, 6.07) is 13.2. The van der Waals surface area contributed by atoms with Crippen LogP contribution in [0.4, 0.5) is 13.2 Å². The van der Waals surface area contributed by atoms with Crippen LogP contribution in [0.25, 0.3) is 10.4 Å². The minimum absolute atomic E-state index is 0.354. The summed E-state index contributed by atoms with van der Waals surface area (Å²) < 4.78 is 38.7. The monoisotopic (exact) mass is 386 g/mol. The molecule has 0 saturated heterocycles. The highest BCUT2D eigenvalue weighted by Crippen LogP contribution is 2.34. The normalized spacial score (nSPS) is 11.4. The van der Waals surface area contributed by atoms with E-state index in [-0.39, 0.29) is 0 Å². The quantitative estimate of drug-likeness (QED) is 0.538. The average Bonchev–Trinajstić information content (AvgIpc) is 3.00. The van der Waals surface area contributed by atoms with Crippen molar-refractivity contribution in [1.82, 2.24) is 4.98 Å². The first-order valence-corrected chi connectivity index (χ1v) is 9.29. The van der Waals surface area contributed by atoms with Crippen LogP contribution >= 0.6 is 11.3 Å². The number of nitriles is 1. The van der Waals surface area contributed by atoms with E-state index in [4.69, 9.17) is 0 Å². The molecule has 6 heteroatoms. The van der Waals surface area contributed by atoms with E-state index in [9.17, 15) is 18.4 Å². The maximum atomic E-state index is 12.9. The van der Waals surface area contributed by atoms with Crippen LogP contribution in [0.15, 0.2) is 42.5 Å². The van der Waals surface area contributed by atoms with E-state index in [0.29, 0.717) is 17.5 Å². The summed E-state index contributed by atoms with van der Waals surface area (Å²) in [6.45, 7) is 3.89. The maximum absolute atomic E-state index is 12.9. The summed E-state index contributed by atoms with van der Waals surface area (Å²) >= 11 is 1.48. The third-order valence-electron chi connectivity index (χ3n) is 4.32. The number of aryl methyl sites for hydroxylation is 2. The van der Waals surface area contributed by atoms with Crippen molar-refractivity contribution in [2.75, 3.05) is 0 Å². The molecule has 0 aliphatic rings. The molecular weight excluding hydrogens is 369 g/mol. The molecule has 0 amide bonds. The molecule has 2 aromatic carbocycles. The number of benzene rings is 2. The molecule has 0 unspecified atom stereocenters. The molecule has 0 aliphatic heterocycles. The first-order chi connectivity index (χ1) is 12.8. The van der Waals surface area contributed by atoms with E-state index in [2.05, 4.69) is 11.1 Å². The first kappa shape index (κ1) is 19.1. The zero-order valence-corrected chi connectivity index (χ0v) is 15.7. The lowest BCUT2D eigenvalue weighted by Gasteiger charge is -2.07. The van der Waals surface area contributed by atoms with Crippen molar-refractivity contribution in [2.45, 2.75) is 32.9 Å². The number of alkyl halides is 3. The lowest BCUT2D eigenvalue weighted by atomic mass is 10.0. The van der Waals surface area contributed by atoms with E-state index in [1.807, 2.05) is 26.0 Å². The van der Waals surface area contributed by atoms with Gasteiger partial charge in [-0.25, -0.2) is 4.98 Å². The second-order valence-corrected chi connectivity index (χ2v) is 7.32. The molecule has 0 saturated carbocycles. The molecule has 3 aromatic rings. The zero-order chi connectivity index (χ0) is 19.6. The van der Waals surface area contributed by atoms with Gasteiger partial charge < -0.3 is 0 Å². The highest BCUT2D eigenvalue weighted by Gasteiger charge is 2.30. The minimum Gasteiger partial charge on any atom is -0.246 e. The molecule has 0 radical (unpaired) electrons. The molecule has 1 heterocycles. The first-order valence-electron chi connectivity index (χ1n) is 8.47. The molecule has 138 valence electrons. The van der Waals surface area contributed by atoms with Crippen LogP contribution < -0.4 is 0 Å². The van der Waals surface area contributed by atoms with Gasteiger partial charge in [0.2, 0.25) is 0 Å². The standard InChI is InChI=1S/C21H17F3N2S/c1-3-15-11-16(7-8-17(15)12-25)20-13(2)26-19(27-20)10-14-5-4-6-18(9-14)21(22,23)24/h4-9,11H,3,10H2,1-2H3. The number of hydrogen-bond donors (Lipinski definition) is 0. The van der Waals surface area contributed by atoms with E-state index in [1.165, 1.54) is 23.5 Å². The summed E-state index contributed by atoms with van der Waals surface area (Å²) in [7, 11) is 0. The van der Waals surface area contributed by atoms with E-state index in [1.54, 1.807) is 12.1 Å². The van der Waals surface area contributed by atoms with Crippen LogP contribution in [0, 0.1) is 18.3 Å². The van der Waals surface area contributed by atoms with Crippen molar-refractivity contribution in [3.05, 3.63) is 75.4 Å². The topological polar surface area (TPSA) is 36.7 Å². The van der Waals surface area contributed by atoms with Gasteiger partial charge in [-0.3, -0.25) is 0 Å². The smallest absolute Gasteiger partial charge is 0.246 e. The Morgan fingerprint density at radius 1 is 1.15 bits per heavy atom. The van der Waals surface area contributed by atoms with Crippen molar-refractivity contribution in [3.8, 4) is 16.5 Å². The van der Waals surface area contributed by atoms with Crippen LogP contribution in [0.2, 0.25) is 0 Å². The fraction of sp³-hybridized carbons (Fsp3) is 0.238. The van der Waals surface area contributed by atoms with Gasteiger partial charge in [0.15, 0.2) is 0 Å². The molecular formula is C21H17F3N2S. The Hall–Kier alpha value is -2.65. The van der Waals surface area contributed by atoms with Crippen molar-refractivity contribution in [2.24, 2.45) is 0 Å². The van der Waals surface area contributed by atoms with Gasteiger partial charge in [0, 0.05) is 6.42 Å². The van der Waals surface area contributed by atoms with Gasteiger partial charge in [0.05, 0.1) is 32.8 Å². The van der Waals surface area contributed by atoms with Gasteiger partial charge >= 0.3 is 6.18 Å². The molecule has 0 spiro atoms. The van der Waals surface area contributed by atoms with Crippen LogP contribution in [-0.4, -0.2) is 4.98 Å². The maximum Gasteiger partial charge on any atom is 0.416 e. The SMILES string of the molecule is CCc1cc(-c2sc(Cc3cccc(C(F)(F)F)c3)nc2C)ccc1C#N. The summed E-state index contributed by atoms with van der Waals surface area (Å²) in [5.41, 5.74) is 3.40. The number of aromatic nitrogens is 1. The molecule has 2 nitrogen and oxygen atoms in total. The molecule has 0 aliphatic carbocycles. The zero-order valence-electron chi connectivity index (χ0n) is 14.9. The summed E-state index contributed by atoms with van der Waals surface area (Å²) in [5, 5.41) is 9.94. The summed E-state index contributed by atoms with van der Waals surface area (Å²) in [5.74, 6) is 0. The predicted molar refractivity (Wildman–Crippen MR) is 101 cm³/mol. The van der Waals surface area contributed by atoms with Crippen LogP contribution in [0.3, 0.4) is 0 Å². The molecule has 0 N–H and O–H groups in total. The number of halogens is 3. The van der Waals surface area contributed by atoms with Gasteiger partial charge in [0.1, 0.15) is 0 Å². The van der Waals surface area contributed by atoms with Gasteiger partial charge in [-0.05, 0) is 48.2 Å². The van der Waals surface area contributed by atoms with Crippen molar-refractivity contribution in [1.29, 1.82) is 5.26 Å². The Balaban J connectivity index is 1.91. The van der Waals surface area contributed by atoms with Gasteiger partial charge in [0.25, 0.3) is 0 Å². The third kappa shape index (κ3) is 4.20. The van der Waals surface area contributed by atoms with Gasteiger partial charge in [-0.1, -0.05) is 31.2 Å². The van der Waals surface area contributed by atoms with Crippen molar-refractivity contribution in [3.63, 3.8) is 0 Å². The van der Waals surface area contributed by atoms with Crippen molar-refractivity contribution < 1.29 is 13.2 Å². The Labute approximate surface area is 159 Å². The molecule has 0 atom stereocenters. The van der Waals surface area contributed by atoms with Crippen molar-refractivity contribution >= 4 is 11.3 Å². The number of hydrogen-bond acceptors (Lipinski definition) is 3. The summed E-state index contributed by atoms with van der Waals surface area (Å²) in [4.78, 5) is 5.53. The Kier molecular flexibility index (Phi) is 5.33. The van der Waals surface area contributed by atoms with Crippen LogP contribution in [0.1, 0.15) is 39.9 Å². The predicted octanol–water partition coefficient (Wildman–Crippen LogP) is 6.16. The second-order valence-electron chi connectivity index (χ2n) is 6.23. The average molecular weight is 386 g/mol. The molecule has 0 bridgehead atoms. The van der Waals surface area contributed by atoms with Crippen LogP contribution in [-0.2, 0) is 19.0 Å². The van der Waals surface area contributed by atoms with E-state index < -0.39 is 11.7 Å². The minimum atomic E-state index is -4.35. The van der Waals surface area contributed by atoms with E-state index >= 15 is 0 Å². The largest absolute Gasteiger partial charge is 0.416 e. The summed E-state index contributed by atoms with van der Waals surface area (Å²) in [6.07, 6.45) is -3.24. The molecule has 0 fully saturated rings. The van der Waals surface area contributed by atoms with Gasteiger partial charge in [-0.2, -0.15) is 18.4 Å². The highest BCUT2D eigenvalue weighted by atomic mass is 32.1. The molecule has 27 heavy (non-hydrogen) atoms. The Morgan fingerprint density at radius 3 is 2.59 bits per heavy atom. The van der Waals surface area contributed by atoms with Crippen LogP contribution in [0.5, 0.6) is 0 Å². The molecule has 3 rings (SSSR count). The second kappa shape index (κ2) is 7.53. The highest BCUT2D eigenvalue weighted by molar-refractivity contribution is 7.15. The third-order valence-corrected chi connectivity index (χ3v) is 5.53. The fourth-order valence-corrected chi connectivity index (χ4v) is 4.06. The van der Waals surface area contributed by atoms with E-state index in [0.717, 1.165) is 39.2 Å². The number of rotatable bonds is 4. The number of thiazole rings is 1. The Morgan fingerprint density at radius 2 is 1.93 bits per heavy atom. The van der Waals surface area contributed by atoms with Gasteiger partial charge in [-0.15, -0.1) is 11.3 Å². The lowest BCUT2D eigenvalue weighted by Crippen LogP contribution is -2.05. The fourth-order valence-electron chi connectivity index (χ4n) is 2.96. The lowest BCUT2D eigenvalue weighted by molar-refractivity contribution is -0.137.